The summed E-state index contributed by atoms with van der Waals surface area (Å²) in [6.07, 6.45) is 0. The number of aliphatic imine (C=N–C) groups is 1. The molecule has 0 radical (unpaired) electrons. The number of anilines is 1. The largest absolute Gasteiger partial charge is 0.461 e. The monoisotopic (exact) mass is 309 g/mol. The third-order valence-corrected chi connectivity index (χ3v) is 2.94. The average Bonchev–Trinajstić information content (AvgIpc) is 2.57. The number of carbonyl (C=O) groups is 1. The van der Waals surface area contributed by atoms with E-state index in [0.717, 1.165) is 11.4 Å². The Morgan fingerprint density at radius 2 is 1.65 bits per heavy atom. The van der Waals surface area contributed by atoms with Crippen LogP contribution in [0.15, 0.2) is 70.8 Å². The zero-order valence-corrected chi connectivity index (χ0v) is 13.2. The van der Waals surface area contributed by atoms with Gasteiger partial charge in [-0.1, -0.05) is 36.4 Å². The first-order valence-electron chi connectivity index (χ1n) is 7.37. The van der Waals surface area contributed by atoms with Crippen molar-refractivity contribution in [1.29, 1.82) is 0 Å². The first-order valence-corrected chi connectivity index (χ1v) is 7.37. The molecule has 0 aliphatic heterocycles. The van der Waals surface area contributed by atoms with Crippen LogP contribution < -0.4 is 5.43 Å². The van der Waals surface area contributed by atoms with Gasteiger partial charge in [-0.25, -0.2) is 4.79 Å². The summed E-state index contributed by atoms with van der Waals surface area (Å²) in [7, 11) is 0. The predicted octanol–water partition coefficient (Wildman–Crippen LogP) is 3.81. The predicted molar refractivity (Wildman–Crippen MR) is 93.3 cm³/mol. The number of nitrogens with zero attached hydrogens (tertiary/aromatic N) is 2. The van der Waals surface area contributed by atoms with Crippen LogP contribution in [-0.2, 0) is 9.53 Å². The molecule has 0 aromatic heterocycles. The van der Waals surface area contributed by atoms with Gasteiger partial charge in [-0.2, -0.15) is 5.10 Å². The van der Waals surface area contributed by atoms with Gasteiger partial charge in [-0.3, -0.25) is 10.4 Å². The molecule has 23 heavy (non-hydrogen) atoms. The number of hydrazone groups is 1. The highest BCUT2D eigenvalue weighted by atomic mass is 16.5. The minimum absolute atomic E-state index is 0.152. The number of ether oxygens (including phenoxy) is 1. The van der Waals surface area contributed by atoms with Gasteiger partial charge in [-0.15, -0.1) is 0 Å². The van der Waals surface area contributed by atoms with Crippen molar-refractivity contribution >= 4 is 28.8 Å². The number of para-hydroxylation sites is 2. The van der Waals surface area contributed by atoms with Gasteiger partial charge in [0.15, 0.2) is 5.71 Å². The van der Waals surface area contributed by atoms with Crippen molar-refractivity contribution in [2.75, 3.05) is 12.0 Å². The molecule has 1 N–H and O–H groups in total. The van der Waals surface area contributed by atoms with Crippen LogP contribution in [0.1, 0.15) is 13.8 Å². The summed E-state index contributed by atoms with van der Waals surface area (Å²) < 4.78 is 5.06. The van der Waals surface area contributed by atoms with Gasteiger partial charge in [0, 0.05) is 0 Å². The van der Waals surface area contributed by atoms with Gasteiger partial charge >= 0.3 is 5.97 Å². The van der Waals surface area contributed by atoms with Gasteiger partial charge in [0.05, 0.1) is 23.7 Å². The van der Waals surface area contributed by atoms with Crippen LogP contribution in [0.2, 0.25) is 0 Å². The summed E-state index contributed by atoms with van der Waals surface area (Å²) in [5.41, 5.74) is 5.02. The molecular formula is C18H19N3O2. The highest BCUT2D eigenvalue weighted by Gasteiger charge is 2.16. The first kappa shape index (κ1) is 16.4. The lowest BCUT2D eigenvalue weighted by Crippen LogP contribution is -2.25. The molecule has 0 heterocycles. The van der Waals surface area contributed by atoms with Crippen LogP contribution >= 0.6 is 0 Å². The molecule has 0 aliphatic carbocycles. The summed E-state index contributed by atoms with van der Waals surface area (Å²) >= 11 is 0. The van der Waals surface area contributed by atoms with Gasteiger partial charge in [0.25, 0.3) is 0 Å². The van der Waals surface area contributed by atoms with Crippen molar-refractivity contribution in [1.82, 2.24) is 0 Å². The van der Waals surface area contributed by atoms with E-state index in [1.165, 1.54) is 0 Å². The average molecular weight is 309 g/mol. The molecular weight excluding hydrogens is 290 g/mol. The van der Waals surface area contributed by atoms with E-state index >= 15 is 0 Å². The highest BCUT2D eigenvalue weighted by molar-refractivity contribution is 6.65. The zero-order chi connectivity index (χ0) is 16.5. The van der Waals surface area contributed by atoms with E-state index in [1.54, 1.807) is 13.8 Å². The van der Waals surface area contributed by atoms with Crippen LogP contribution in [0, 0.1) is 0 Å². The van der Waals surface area contributed by atoms with Crippen LogP contribution in [0.3, 0.4) is 0 Å². The van der Waals surface area contributed by atoms with Crippen molar-refractivity contribution in [3.05, 3.63) is 60.7 Å². The van der Waals surface area contributed by atoms with Crippen molar-refractivity contribution < 1.29 is 9.53 Å². The topological polar surface area (TPSA) is 63.0 Å². The van der Waals surface area contributed by atoms with Crippen LogP contribution in [0.5, 0.6) is 0 Å². The zero-order valence-electron chi connectivity index (χ0n) is 13.2. The molecule has 0 fully saturated rings. The summed E-state index contributed by atoms with van der Waals surface area (Å²) in [5, 5.41) is 4.17. The molecule has 0 atom stereocenters. The fraction of sp³-hybridized carbons (Fsp3) is 0.167. The second-order valence-electron chi connectivity index (χ2n) is 4.69. The Balaban J connectivity index is 2.26. The van der Waals surface area contributed by atoms with Gasteiger partial charge in [-0.05, 0) is 38.1 Å². The lowest BCUT2D eigenvalue weighted by atomic mass is 10.2. The lowest BCUT2D eigenvalue weighted by molar-refractivity contribution is -0.134. The summed E-state index contributed by atoms with van der Waals surface area (Å²) in [6, 6.07) is 18.8. The number of hydrogen-bond donors (Lipinski definition) is 1. The number of nitrogens with one attached hydrogen (secondary N) is 1. The molecule has 0 saturated carbocycles. The molecule has 0 amide bonds. The van der Waals surface area contributed by atoms with E-state index in [0.29, 0.717) is 5.71 Å². The Hall–Kier alpha value is -2.95. The van der Waals surface area contributed by atoms with E-state index in [-0.39, 0.29) is 12.3 Å². The van der Waals surface area contributed by atoms with E-state index in [4.69, 9.17) is 4.74 Å². The summed E-state index contributed by atoms with van der Waals surface area (Å²) in [5.74, 6) is -0.506. The Labute approximate surface area is 135 Å². The van der Waals surface area contributed by atoms with Crippen LogP contribution in [0.25, 0.3) is 0 Å². The second kappa shape index (κ2) is 8.48. The lowest BCUT2D eigenvalue weighted by Gasteiger charge is -2.07. The number of carbonyl (C=O) groups excluding carboxylic acids is 1. The first-order chi connectivity index (χ1) is 11.2. The Morgan fingerprint density at radius 1 is 1.04 bits per heavy atom. The molecule has 118 valence electrons. The minimum Gasteiger partial charge on any atom is -0.461 e. The molecule has 2 rings (SSSR count). The molecule has 2 aromatic carbocycles. The quantitative estimate of drug-likeness (QED) is 0.501. The van der Waals surface area contributed by atoms with E-state index in [9.17, 15) is 4.79 Å². The van der Waals surface area contributed by atoms with Crippen LogP contribution in [0.4, 0.5) is 11.4 Å². The highest BCUT2D eigenvalue weighted by Crippen LogP contribution is 2.11. The Kier molecular flexibility index (Phi) is 6.06. The molecule has 0 saturated heterocycles. The summed E-state index contributed by atoms with van der Waals surface area (Å²) in [6.45, 7) is 3.76. The maximum absolute atomic E-state index is 12.1. The van der Waals surface area contributed by atoms with E-state index in [1.807, 2.05) is 60.7 Å². The minimum atomic E-state index is -0.506. The normalized spacial score (nSPS) is 11.9. The Bertz CT molecular complexity index is 695. The Morgan fingerprint density at radius 3 is 2.26 bits per heavy atom. The molecule has 2 aromatic rings. The molecule has 0 unspecified atom stereocenters. The summed E-state index contributed by atoms with van der Waals surface area (Å²) in [4.78, 5) is 16.5. The van der Waals surface area contributed by atoms with Gasteiger partial charge in [0.2, 0.25) is 0 Å². The molecule has 5 heteroatoms. The SMILES string of the molecule is CCOC(=O)/C(=N\Nc1ccccc1)C(C)=Nc1ccccc1. The number of benzene rings is 2. The van der Waals surface area contributed by atoms with Crippen molar-refractivity contribution in [3.8, 4) is 0 Å². The third-order valence-electron chi connectivity index (χ3n) is 2.94. The molecule has 0 bridgehead atoms. The second-order valence-corrected chi connectivity index (χ2v) is 4.69. The maximum atomic E-state index is 12.1. The van der Waals surface area contributed by atoms with Crippen molar-refractivity contribution in [2.45, 2.75) is 13.8 Å². The molecule has 0 spiro atoms. The fourth-order valence-electron chi connectivity index (χ4n) is 1.86. The van der Waals surface area contributed by atoms with Crippen LogP contribution in [-0.4, -0.2) is 24.0 Å². The molecule has 0 aliphatic rings. The fourth-order valence-corrected chi connectivity index (χ4v) is 1.86. The number of esters is 1. The van der Waals surface area contributed by atoms with Gasteiger partial charge in [0.1, 0.15) is 0 Å². The standard InChI is InChI=1S/C18H19N3O2/c1-3-23-18(22)17(21-20-16-12-8-5-9-13-16)14(2)19-15-10-6-4-7-11-15/h4-13,20H,3H2,1-2H3/b19-14?,21-17-. The van der Waals surface area contributed by atoms with Gasteiger partial charge < -0.3 is 4.74 Å². The smallest absolute Gasteiger partial charge is 0.360 e. The maximum Gasteiger partial charge on any atom is 0.360 e. The van der Waals surface area contributed by atoms with Crippen molar-refractivity contribution in [2.24, 2.45) is 10.1 Å². The third kappa shape index (κ3) is 5.07. The van der Waals surface area contributed by atoms with E-state index in [2.05, 4.69) is 15.5 Å². The van der Waals surface area contributed by atoms with E-state index < -0.39 is 5.97 Å². The number of rotatable bonds is 6. The number of hydrogen-bond acceptors (Lipinski definition) is 5. The molecule has 5 nitrogen and oxygen atoms in total. The van der Waals surface area contributed by atoms with Crippen molar-refractivity contribution in [3.63, 3.8) is 0 Å².